The average Bonchev–Trinajstić information content (AvgIpc) is 3.47. The Morgan fingerprint density at radius 2 is 0.889 bits per heavy atom. The summed E-state index contributed by atoms with van der Waals surface area (Å²) in [6, 6.07) is 73.4. The monoisotopic (exact) mass is 689 g/mol. The maximum absolute atomic E-state index is 2.44. The Balaban J connectivity index is 1.09. The molecule has 0 amide bonds. The highest BCUT2D eigenvalue weighted by Crippen LogP contribution is 2.54. The van der Waals surface area contributed by atoms with E-state index in [9.17, 15) is 0 Å². The van der Waals surface area contributed by atoms with Gasteiger partial charge in [-0.2, -0.15) is 0 Å². The molecule has 1 heteroatoms. The lowest BCUT2D eigenvalue weighted by Crippen LogP contribution is -2.16. The van der Waals surface area contributed by atoms with Gasteiger partial charge in [0.2, 0.25) is 0 Å². The highest BCUT2D eigenvalue weighted by atomic mass is 15.1. The van der Waals surface area contributed by atoms with Gasteiger partial charge in [-0.15, -0.1) is 0 Å². The fourth-order valence-corrected chi connectivity index (χ4v) is 8.66. The molecule has 9 aromatic rings. The van der Waals surface area contributed by atoms with Crippen molar-refractivity contribution in [3.05, 3.63) is 211 Å². The molecule has 9 aromatic carbocycles. The van der Waals surface area contributed by atoms with Crippen LogP contribution in [0.15, 0.2) is 200 Å². The summed E-state index contributed by atoms with van der Waals surface area (Å²) in [4.78, 5) is 2.44. The van der Waals surface area contributed by atoms with Crippen LogP contribution in [0.3, 0.4) is 0 Å². The zero-order chi connectivity index (χ0) is 36.2. The number of benzene rings is 9. The van der Waals surface area contributed by atoms with E-state index < -0.39 is 0 Å². The molecule has 0 saturated heterocycles. The molecule has 1 aliphatic carbocycles. The van der Waals surface area contributed by atoms with Crippen LogP contribution in [0.2, 0.25) is 0 Å². The number of hydrogen-bond acceptors (Lipinski definition) is 1. The van der Waals surface area contributed by atoms with Gasteiger partial charge < -0.3 is 4.90 Å². The van der Waals surface area contributed by atoms with E-state index in [-0.39, 0.29) is 5.41 Å². The van der Waals surface area contributed by atoms with Crippen molar-refractivity contribution < 1.29 is 0 Å². The van der Waals surface area contributed by atoms with E-state index in [0.717, 1.165) is 11.4 Å². The Morgan fingerprint density at radius 3 is 1.63 bits per heavy atom. The first-order valence-electron chi connectivity index (χ1n) is 18.8. The molecule has 54 heavy (non-hydrogen) atoms. The minimum Gasteiger partial charge on any atom is -0.310 e. The predicted molar refractivity (Wildman–Crippen MR) is 230 cm³/mol. The molecule has 0 unspecified atom stereocenters. The molecule has 0 atom stereocenters. The largest absolute Gasteiger partial charge is 0.310 e. The molecule has 0 fully saturated rings. The fraction of sp³-hybridized carbons (Fsp3) is 0.0566. The van der Waals surface area contributed by atoms with Gasteiger partial charge in [0.15, 0.2) is 0 Å². The Hall–Kier alpha value is -6.70. The van der Waals surface area contributed by atoms with Crippen molar-refractivity contribution in [2.75, 3.05) is 4.90 Å². The van der Waals surface area contributed by atoms with Gasteiger partial charge in [0.1, 0.15) is 0 Å². The van der Waals surface area contributed by atoms with Crippen LogP contribution in [0.1, 0.15) is 25.0 Å². The zero-order valence-corrected chi connectivity index (χ0v) is 30.5. The standard InChI is InChI=1S/C53H39N/c1-53(2)49-19-9-8-17-48(49)52-50(53)20-11-21-51(52)54(45-32-28-40(29-33-45)47-18-10-15-39-14-6-7-16-46(39)47)44-30-26-37(27-31-44)42-25-23-38-22-24-41(34-43(38)35-42)36-12-4-3-5-13-36/h3-35H,1-2H3. The average molecular weight is 690 g/mol. The zero-order valence-electron chi connectivity index (χ0n) is 30.5. The molecule has 0 heterocycles. The van der Waals surface area contributed by atoms with Gasteiger partial charge in [-0.25, -0.2) is 0 Å². The van der Waals surface area contributed by atoms with Gasteiger partial charge in [0.05, 0.1) is 5.69 Å². The van der Waals surface area contributed by atoms with E-state index in [1.54, 1.807) is 0 Å². The van der Waals surface area contributed by atoms with E-state index in [4.69, 9.17) is 0 Å². The third-order valence-corrected chi connectivity index (χ3v) is 11.5. The van der Waals surface area contributed by atoms with Crippen molar-refractivity contribution in [1.82, 2.24) is 0 Å². The molecule has 10 rings (SSSR count). The van der Waals surface area contributed by atoms with Crippen LogP contribution in [0.5, 0.6) is 0 Å². The van der Waals surface area contributed by atoms with Crippen LogP contribution in [0.4, 0.5) is 17.1 Å². The van der Waals surface area contributed by atoms with Crippen molar-refractivity contribution in [3.8, 4) is 44.5 Å². The summed E-state index contributed by atoms with van der Waals surface area (Å²) in [6.45, 7) is 4.71. The molecule has 0 spiro atoms. The Bertz CT molecular complexity index is 2820. The smallest absolute Gasteiger partial charge is 0.0543 e. The maximum Gasteiger partial charge on any atom is 0.0543 e. The summed E-state index contributed by atoms with van der Waals surface area (Å²) >= 11 is 0. The molecular formula is C53H39N. The highest BCUT2D eigenvalue weighted by Gasteiger charge is 2.37. The summed E-state index contributed by atoms with van der Waals surface area (Å²) in [6.07, 6.45) is 0. The molecule has 1 nitrogen and oxygen atoms in total. The van der Waals surface area contributed by atoms with Gasteiger partial charge in [0.25, 0.3) is 0 Å². The van der Waals surface area contributed by atoms with Crippen molar-refractivity contribution in [3.63, 3.8) is 0 Å². The van der Waals surface area contributed by atoms with Crippen LogP contribution < -0.4 is 4.90 Å². The minimum atomic E-state index is -0.0911. The fourth-order valence-electron chi connectivity index (χ4n) is 8.66. The Kier molecular flexibility index (Phi) is 7.56. The normalized spacial score (nSPS) is 12.8. The maximum atomic E-state index is 2.44. The Labute approximate surface area is 317 Å². The van der Waals surface area contributed by atoms with E-state index in [1.807, 2.05) is 0 Å². The second-order valence-corrected chi connectivity index (χ2v) is 15.0. The van der Waals surface area contributed by atoms with Gasteiger partial charge in [-0.05, 0) is 114 Å². The molecule has 0 radical (unpaired) electrons. The van der Waals surface area contributed by atoms with Crippen LogP contribution in [-0.4, -0.2) is 0 Å². The molecule has 0 aliphatic heterocycles. The molecule has 256 valence electrons. The van der Waals surface area contributed by atoms with Crippen LogP contribution in [-0.2, 0) is 5.41 Å². The summed E-state index contributed by atoms with van der Waals surface area (Å²) in [5.41, 5.74) is 16.0. The topological polar surface area (TPSA) is 3.24 Å². The van der Waals surface area contributed by atoms with Crippen molar-refractivity contribution >= 4 is 38.6 Å². The van der Waals surface area contributed by atoms with Gasteiger partial charge in [-0.1, -0.05) is 172 Å². The van der Waals surface area contributed by atoms with Crippen molar-refractivity contribution in [1.29, 1.82) is 0 Å². The number of anilines is 3. The summed E-state index contributed by atoms with van der Waals surface area (Å²) in [5, 5.41) is 5.01. The number of nitrogens with zero attached hydrogens (tertiary/aromatic N) is 1. The molecular weight excluding hydrogens is 651 g/mol. The number of rotatable bonds is 6. The molecule has 0 aromatic heterocycles. The van der Waals surface area contributed by atoms with E-state index in [0.29, 0.717) is 0 Å². The SMILES string of the molecule is CC1(C)c2ccccc2-c2c(N(c3ccc(-c4ccc5ccc(-c6ccccc6)cc5c4)cc3)c3ccc(-c4cccc5ccccc45)cc3)cccc21. The number of fused-ring (bicyclic) bond motifs is 5. The van der Waals surface area contributed by atoms with E-state index in [1.165, 1.54) is 82.9 Å². The van der Waals surface area contributed by atoms with E-state index >= 15 is 0 Å². The molecule has 1 aliphatic rings. The first-order valence-corrected chi connectivity index (χ1v) is 18.8. The number of hydrogen-bond donors (Lipinski definition) is 0. The van der Waals surface area contributed by atoms with Crippen LogP contribution >= 0.6 is 0 Å². The third-order valence-electron chi connectivity index (χ3n) is 11.5. The Morgan fingerprint density at radius 1 is 0.352 bits per heavy atom. The minimum absolute atomic E-state index is 0.0911. The quantitative estimate of drug-likeness (QED) is 0.168. The van der Waals surface area contributed by atoms with Crippen molar-refractivity contribution in [2.45, 2.75) is 19.3 Å². The lowest BCUT2D eigenvalue weighted by Gasteiger charge is -2.29. The molecule has 0 N–H and O–H groups in total. The summed E-state index contributed by atoms with van der Waals surface area (Å²) in [5.74, 6) is 0. The van der Waals surface area contributed by atoms with Gasteiger partial charge in [0, 0.05) is 22.4 Å². The summed E-state index contributed by atoms with van der Waals surface area (Å²) in [7, 11) is 0. The lowest BCUT2D eigenvalue weighted by molar-refractivity contribution is 0.660. The van der Waals surface area contributed by atoms with Crippen LogP contribution in [0.25, 0.3) is 66.1 Å². The predicted octanol–water partition coefficient (Wildman–Crippen LogP) is 14.8. The second-order valence-electron chi connectivity index (χ2n) is 15.0. The van der Waals surface area contributed by atoms with Crippen molar-refractivity contribution in [2.24, 2.45) is 0 Å². The molecule has 0 saturated carbocycles. The molecule has 0 bridgehead atoms. The van der Waals surface area contributed by atoms with Gasteiger partial charge in [-0.3, -0.25) is 0 Å². The first-order chi connectivity index (χ1) is 26.5. The second kappa shape index (κ2) is 12.8. The lowest BCUT2D eigenvalue weighted by atomic mass is 9.82. The summed E-state index contributed by atoms with van der Waals surface area (Å²) < 4.78 is 0. The van der Waals surface area contributed by atoms with E-state index in [2.05, 4.69) is 219 Å². The highest BCUT2D eigenvalue weighted by molar-refractivity contribution is 5.98. The first kappa shape index (κ1) is 32.0. The third kappa shape index (κ3) is 5.32. The van der Waals surface area contributed by atoms with Crippen LogP contribution in [0, 0.1) is 0 Å². The van der Waals surface area contributed by atoms with Gasteiger partial charge >= 0.3 is 0 Å².